The van der Waals surface area contributed by atoms with Crippen molar-refractivity contribution in [1.29, 1.82) is 0 Å². The lowest BCUT2D eigenvalue weighted by molar-refractivity contribution is 0.112. The Morgan fingerprint density at radius 3 is 2.61 bits per heavy atom. The number of aromatic nitrogens is 2. The van der Waals surface area contributed by atoms with Gasteiger partial charge in [-0.15, -0.1) is 0 Å². The van der Waals surface area contributed by atoms with Crippen molar-refractivity contribution in [1.82, 2.24) is 9.13 Å². The van der Waals surface area contributed by atoms with Gasteiger partial charge in [0.2, 0.25) is 0 Å². The molecule has 3 heteroatoms. The Labute approximate surface area is 106 Å². The van der Waals surface area contributed by atoms with Gasteiger partial charge in [0.05, 0.1) is 23.5 Å². The first-order valence-corrected chi connectivity index (χ1v) is 6.73. The Hall–Kier alpha value is -1.77. The first-order valence-electron chi connectivity index (χ1n) is 6.73. The minimum atomic E-state index is 0.530. The average molecular weight is 240 g/mol. The normalized spacial score (nSPS) is 25.1. The molecular weight excluding hydrogens is 224 g/mol. The maximum Gasteiger partial charge on any atom is 0.152 e. The van der Waals surface area contributed by atoms with E-state index < -0.39 is 0 Å². The van der Waals surface area contributed by atoms with Crippen molar-refractivity contribution in [2.45, 2.75) is 37.8 Å². The molecule has 0 N–H and O–H groups in total. The molecule has 2 aliphatic rings. The Morgan fingerprint density at radius 1 is 1.06 bits per heavy atom. The summed E-state index contributed by atoms with van der Waals surface area (Å²) in [6.07, 6.45) is 10.3. The van der Waals surface area contributed by atoms with Crippen LogP contribution >= 0.6 is 0 Å². The molecule has 92 valence electrons. The number of hydrogen-bond donors (Lipinski definition) is 0. The summed E-state index contributed by atoms with van der Waals surface area (Å²) in [7, 11) is 0. The van der Waals surface area contributed by atoms with Gasteiger partial charge in [-0.1, -0.05) is 12.8 Å². The van der Waals surface area contributed by atoms with Crippen LogP contribution in [0.3, 0.4) is 0 Å². The molecule has 1 fully saturated rings. The van der Waals surface area contributed by atoms with Gasteiger partial charge in [-0.25, -0.2) is 0 Å². The van der Waals surface area contributed by atoms with Crippen LogP contribution in [0.5, 0.6) is 0 Å². The highest BCUT2D eigenvalue weighted by Gasteiger charge is 2.35. The predicted molar refractivity (Wildman–Crippen MR) is 69.8 cm³/mol. The molecule has 0 spiro atoms. The zero-order valence-corrected chi connectivity index (χ0v) is 10.2. The summed E-state index contributed by atoms with van der Waals surface area (Å²) in [4.78, 5) is 11.2. The van der Waals surface area contributed by atoms with Gasteiger partial charge >= 0.3 is 0 Å². The molecule has 2 aromatic rings. The lowest BCUT2D eigenvalue weighted by Crippen LogP contribution is -2.30. The second-order valence-electron chi connectivity index (χ2n) is 5.36. The number of hydrogen-bond acceptors (Lipinski definition) is 1. The zero-order valence-electron chi connectivity index (χ0n) is 10.2. The fraction of sp³-hybridized carbons (Fsp3) is 0.400. The van der Waals surface area contributed by atoms with E-state index in [1.807, 2.05) is 6.07 Å². The van der Waals surface area contributed by atoms with Crippen molar-refractivity contribution in [2.24, 2.45) is 0 Å². The lowest BCUT2D eigenvalue weighted by Gasteiger charge is -2.39. The monoisotopic (exact) mass is 240 g/mol. The topological polar surface area (TPSA) is 26.9 Å². The van der Waals surface area contributed by atoms with Crippen LogP contribution < -0.4 is 0 Å². The third-order valence-corrected chi connectivity index (χ3v) is 4.50. The molecule has 3 nitrogen and oxygen atoms in total. The van der Waals surface area contributed by atoms with E-state index in [4.69, 9.17) is 0 Å². The maximum absolute atomic E-state index is 11.2. The van der Waals surface area contributed by atoms with Gasteiger partial charge < -0.3 is 9.13 Å². The summed E-state index contributed by atoms with van der Waals surface area (Å²) in [6.45, 7) is 0. The van der Waals surface area contributed by atoms with Gasteiger partial charge in [0.15, 0.2) is 6.29 Å². The van der Waals surface area contributed by atoms with Crippen LogP contribution in [-0.2, 0) is 0 Å². The molecule has 2 atom stereocenters. The molecule has 2 aromatic heterocycles. The van der Waals surface area contributed by atoms with Crippen molar-refractivity contribution in [3.63, 3.8) is 0 Å². The quantitative estimate of drug-likeness (QED) is 0.701. The highest BCUT2D eigenvalue weighted by atomic mass is 16.1. The van der Waals surface area contributed by atoms with Crippen LogP contribution in [0.15, 0.2) is 30.6 Å². The van der Waals surface area contributed by atoms with E-state index in [0.29, 0.717) is 12.1 Å². The van der Waals surface area contributed by atoms with Crippen LogP contribution in [0.2, 0.25) is 0 Å². The summed E-state index contributed by atoms with van der Waals surface area (Å²) in [5.74, 6) is 0. The van der Waals surface area contributed by atoms with Crippen LogP contribution in [0.25, 0.3) is 11.4 Å². The number of carbonyl (C=O) groups excluding carboxylic acids is 1. The molecule has 0 saturated heterocycles. The summed E-state index contributed by atoms with van der Waals surface area (Å²) < 4.78 is 4.72. The Morgan fingerprint density at radius 2 is 1.83 bits per heavy atom. The Balaban J connectivity index is 1.99. The molecule has 0 radical (unpaired) electrons. The zero-order chi connectivity index (χ0) is 12.1. The smallest absolute Gasteiger partial charge is 0.152 e. The largest absolute Gasteiger partial charge is 0.341 e. The van der Waals surface area contributed by atoms with Crippen molar-refractivity contribution >= 4 is 6.29 Å². The van der Waals surface area contributed by atoms with E-state index in [2.05, 4.69) is 33.7 Å². The van der Waals surface area contributed by atoms with Crippen molar-refractivity contribution in [2.75, 3.05) is 0 Å². The van der Waals surface area contributed by atoms with Crippen LogP contribution in [0, 0.1) is 0 Å². The molecule has 0 amide bonds. The standard InChI is InChI=1S/C15H16N2O/c18-10-11-7-9-17-13-5-2-1-4-12(13)16-8-3-6-14(16)15(11)17/h3,6-10,12-13H,1-2,4-5H2. The molecule has 1 aliphatic carbocycles. The van der Waals surface area contributed by atoms with E-state index in [0.717, 1.165) is 17.5 Å². The molecule has 4 rings (SSSR count). The SMILES string of the molecule is O=Cc1ccn2c1-c1cccn1C1CCCCC12. The van der Waals surface area contributed by atoms with Crippen molar-refractivity contribution in [3.05, 3.63) is 36.2 Å². The maximum atomic E-state index is 11.2. The second kappa shape index (κ2) is 3.61. The minimum absolute atomic E-state index is 0.530. The Bertz CT molecular complexity index is 608. The van der Waals surface area contributed by atoms with Crippen LogP contribution in [0.1, 0.15) is 48.1 Å². The van der Waals surface area contributed by atoms with Crippen LogP contribution in [0.4, 0.5) is 0 Å². The molecule has 1 aliphatic heterocycles. The molecular formula is C15H16N2O. The van der Waals surface area contributed by atoms with E-state index in [9.17, 15) is 4.79 Å². The van der Waals surface area contributed by atoms with Gasteiger partial charge in [0.25, 0.3) is 0 Å². The van der Waals surface area contributed by atoms with Gasteiger partial charge in [-0.3, -0.25) is 4.79 Å². The van der Waals surface area contributed by atoms with Crippen LogP contribution in [-0.4, -0.2) is 15.4 Å². The molecule has 0 aromatic carbocycles. The number of nitrogens with zero attached hydrogens (tertiary/aromatic N) is 2. The highest BCUT2D eigenvalue weighted by Crippen LogP contribution is 2.46. The number of rotatable bonds is 1. The Kier molecular flexibility index (Phi) is 2.04. The minimum Gasteiger partial charge on any atom is -0.341 e. The lowest BCUT2D eigenvalue weighted by atomic mass is 9.88. The highest BCUT2D eigenvalue weighted by molar-refractivity contribution is 5.86. The number of carbonyl (C=O) groups is 1. The number of aldehydes is 1. The van der Waals surface area contributed by atoms with Gasteiger partial charge in [-0.2, -0.15) is 0 Å². The van der Waals surface area contributed by atoms with Gasteiger partial charge in [0.1, 0.15) is 0 Å². The summed E-state index contributed by atoms with van der Waals surface area (Å²) in [5.41, 5.74) is 3.13. The predicted octanol–water partition coefficient (Wildman–Crippen LogP) is 3.44. The molecule has 1 saturated carbocycles. The fourth-order valence-electron chi connectivity index (χ4n) is 3.74. The van der Waals surface area contributed by atoms with E-state index >= 15 is 0 Å². The van der Waals surface area contributed by atoms with E-state index in [-0.39, 0.29) is 0 Å². The van der Waals surface area contributed by atoms with Gasteiger partial charge in [-0.05, 0) is 31.0 Å². The third kappa shape index (κ3) is 1.17. The third-order valence-electron chi connectivity index (χ3n) is 4.50. The molecule has 18 heavy (non-hydrogen) atoms. The summed E-state index contributed by atoms with van der Waals surface area (Å²) in [5, 5.41) is 0. The summed E-state index contributed by atoms with van der Waals surface area (Å²) in [6, 6.07) is 7.28. The fourth-order valence-corrected chi connectivity index (χ4v) is 3.74. The summed E-state index contributed by atoms with van der Waals surface area (Å²) >= 11 is 0. The first kappa shape index (κ1) is 10.2. The average Bonchev–Trinajstić information content (AvgIpc) is 3.05. The second-order valence-corrected chi connectivity index (χ2v) is 5.36. The van der Waals surface area contributed by atoms with Crippen molar-refractivity contribution in [3.8, 4) is 11.4 Å². The van der Waals surface area contributed by atoms with E-state index in [1.165, 1.54) is 31.4 Å². The van der Waals surface area contributed by atoms with Crippen molar-refractivity contribution < 1.29 is 4.79 Å². The van der Waals surface area contributed by atoms with Gasteiger partial charge in [0, 0.05) is 18.0 Å². The van der Waals surface area contributed by atoms with E-state index in [1.54, 1.807) is 0 Å². The number of fused-ring (bicyclic) bond motifs is 6. The molecule has 3 heterocycles. The molecule has 0 bridgehead atoms. The first-order chi connectivity index (χ1) is 8.90. The molecule has 2 unspecified atom stereocenters.